The Kier molecular flexibility index (Phi) is 7.02. The Morgan fingerprint density at radius 1 is 1.35 bits per heavy atom. The third kappa shape index (κ3) is 6.53. The first-order valence-electron chi connectivity index (χ1n) is 7.22. The van der Waals surface area contributed by atoms with Gasteiger partial charge in [0.2, 0.25) is 0 Å². The summed E-state index contributed by atoms with van der Waals surface area (Å²) in [6, 6.07) is 8.24. The maximum Gasteiger partial charge on any atom is 0.155 e. The summed E-state index contributed by atoms with van der Waals surface area (Å²) < 4.78 is 5.86. The van der Waals surface area contributed by atoms with Gasteiger partial charge in [0, 0.05) is 19.0 Å². The number of carbonyl (C=O) groups excluding carboxylic acids is 1. The van der Waals surface area contributed by atoms with Crippen LogP contribution in [0.3, 0.4) is 0 Å². The molecule has 0 amide bonds. The van der Waals surface area contributed by atoms with Crippen LogP contribution >= 0.6 is 0 Å². The standard InChI is InChI=1S/C17H25NO2/c1-5-16(19)10-9-15-7-6-8-17(11-15)20-14(4)12-18-13(2)3/h6-11,13-14,18H,5,12H2,1-4H3/b10-9+/t14-/m0/s1. The summed E-state index contributed by atoms with van der Waals surface area (Å²) in [5, 5.41) is 3.34. The molecule has 0 saturated carbocycles. The van der Waals surface area contributed by atoms with Crippen LogP contribution in [0.5, 0.6) is 5.75 Å². The van der Waals surface area contributed by atoms with Gasteiger partial charge in [0.25, 0.3) is 0 Å². The molecule has 3 heteroatoms. The molecule has 0 aromatic heterocycles. The summed E-state index contributed by atoms with van der Waals surface area (Å²) in [6.07, 6.45) is 4.08. The van der Waals surface area contributed by atoms with E-state index in [4.69, 9.17) is 4.74 Å². The number of allylic oxidation sites excluding steroid dienone is 1. The molecule has 0 aliphatic heterocycles. The van der Waals surface area contributed by atoms with Gasteiger partial charge in [-0.05, 0) is 30.7 Å². The summed E-state index contributed by atoms with van der Waals surface area (Å²) in [7, 11) is 0. The number of nitrogens with one attached hydrogen (secondary N) is 1. The molecular weight excluding hydrogens is 250 g/mol. The van der Waals surface area contributed by atoms with Gasteiger partial charge < -0.3 is 10.1 Å². The van der Waals surface area contributed by atoms with E-state index in [0.29, 0.717) is 12.5 Å². The third-order valence-electron chi connectivity index (χ3n) is 2.82. The largest absolute Gasteiger partial charge is 0.489 e. The van der Waals surface area contributed by atoms with Gasteiger partial charge in [0.15, 0.2) is 5.78 Å². The molecule has 0 saturated heterocycles. The molecule has 1 rings (SSSR count). The van der Waals surface area contributed by atoms with Crippen LogP contribution in [0.2, 0.25) is 0 Å². The van der Waals surface area contributed by atoms with Crippen LogP contribution in [-0.2, 0) is 4.79 Å². The summed E-state index contributed by atoms with van der Waals surface area (Å²) in [5.41, 5.74) is 0.980. The van der Waals surface area contributed by atoms with Gasteiger partial charge in [-0.15, -0.1) is 0 Å². The minimum absolute atomic E-state index is 0.105. The smallest absolute Gasteiger partial charge is 0.155 e. The summed E-state index contributed by atoms with van der Waals surface area (Å²) in [6.45, 7) is 8.94. The normalized spacial score (nSPS) is 12.8. The highest BCUT2D eigenvalue weighted by molar-refractivity contribution is 5.93. The van der Waals surface area contributed by atoms with E-state index in [9.17, 15) is 4.79 Å². The molecule has 0 unspecified atom stereocenters. The molecule has 0 aliphatic rings. The van der Waals surface area contributed by atoms with E-state index in [0.717, 1.165) is 17.9 Å². The maximum absolute atomic E-state index is 11.3. The van der Waals surface area contributed by atoms with Gasteiger partial charge in [0.05, 0.1) is 0 Å². The number of carbonyl (C=O) groups is 1. The zero-order valence-electron chi connectivity index (χ0n) is 12.8. The van der Waals surface area contributed by atoms with Crippen LogP contribution in [0.15, 0.2) is 30.3 Å². The molecule has 1 N–H and O–H groups in total. The minimum Gasteiger partial charge on any atom is -0.489 e. The molecule has 110 valence electrons. The van der Waals surface area contributed by atoms with Crippen LogP contribution in [0, 0.1) is 0 Å². The van der Waals surface area contributed by atoms with Gasteiger partial charge in [-0.1, -0.05) is 39.0 Å². The first-order chi connectivity index (χ1) is 9.51. The molecule has 1 atom stereocenters. The Labute approximate surface area is 122 Å². The number of hydrogen-bond donors (Lipinski definition) is 1. The average molecular weight is 275 g/mol. The first-order valence-corrected chi connectivity index (χ1v) is 7.22. The number of ether oxygens (including phenoxy) is 1. The van der Waals surface area contributed by atoms with E-state index >= 15 is 0 Å². The summed E-state index contributed by atoms with van der Waals surface area (Å²) in [5.74, 6) is 0.958. The van der Waals surface area contributed by atoms with E-state index in [-0.39, 0.29) is 11.9 Å². The van der Waals surface area contributed by atoms with E-state index in [1.54, 1.807) is 6.08 Å². The topological polar surface area (TPSA) is 38.3 Å². The monoisotopic (exact) mass is 275 g/mol. The number of ketones is 1. The molecule has 0 spiro atoms. The second-order valence-corrected chi connectivity index (χ2v) is 5.22. The maximum atomic E-state index is 11.3. The van der Waals surface area contributed by atoms with Crippen molar-refractivity contribution < 1.29 is 9.53 Å². The lowest BCUT2D eigenvalue weighted by atomic mass is 10.1. The van der Waals surface area contributed by atoms with Gasteiger partial charge in [-0.3, -0.25) is 4.79 Å². The second kappa shape index (κ2) is 8.54. The van der Waals surface area contributed by atoms with Crippen molar-refractivity contribution in [2.45, 2.75) is 46.3 Å². The van der Waals surface area contributed by atoms with Gasteiger partial charge in [0.1, 0.15) is 11.9 Å². The lowest BCUT2D eigenvalue weighted by molar-refractivity contribution is -0.114. The molecule has 0 radical (unpaired) electrons. The average Bonchev–Trinajstić information content (AvgIpc) is 2.43. The van der Waals surface area contributed by atoms with Crippen molar-refractivity contribution in [2.75, 3.05) is 6.54 Å². The SMILES string of the molecule is CCC(=O)/C=C/c1cccc(O[C@@H](C)CNC(C)C)c1. The Bertz CT molecular complexity index is 452. The molecule has 0 aliphatic carbocycles. The Morgan fingerprint density at radius 2 is 2.10 bits per heavy atom. The molecule has 1 aromatic carbocycles. The quantitative estimate of drug-likeness (QED) is 0.739. The zero-order valence-corrected chi connectivity index (χ0v) is 12.8. The highest BCUT2D eigenvalue weighted by Gasteiger charge is 2.05. The van der Waals surface area contributed by atoms with Crippen molar-refractivity contribution in [3.63, 3.8) is 0 Å². The lowest BCUT2D eigenvalue weighted by Gasteiger charge is -2.17. The minimum atomic E-state index is 0.105. The zero-order chi connectivity index (χ0) is 15.0. The van der Waals surface area contributed by atoms with Crippen LogP contribution in [0.1, 0.15) is 39.7 Å². The number of benzene rings is 1. The highest BCUT2D eigenvalue weighted by Crippen LogP contribution is 2.16. The predicted molar refractivity (Wildman–Crippen MR) is 84.0 cm³/mol. The van der Waals surface area contributed by atoms with Crippen LogP contribution < -0.4 is 10.1 Å². The molecular formula is C17H25NO2. The molecule has 0 bridgehead atoms. The molecule has 1 aromatic rings. The van der Waals surface area contributed by atoms with E-state index in [1.807, 2.05) is 44.2 Å². The van der Waals surface area contributed by atoms with Crippen molar-refractivity contribution in [2.24, 2.45) is 0 Å². The molecule has 0 heterocycles. The fraction of sp³-hybridized carbons (Fsp3) is 0.471. The van der Waals surface area contributed by atoms with Crippen molar-refractivity contribution in [3.05, 3.63) is 35.9 Å². The van der Waals surface area contributed by atoms with Gasteiger partial charge in [-0.2, -0.15) is 0 Å². The van der Waals surface area contributed by atoms with Crippen LogP contribution in [0.25, 0.3) is 6.08 Å². The molecule has 20 heavy (non-hydrogen) atoms. The van der Waals surface area contributed by atoms with Crippen LogP contribution in [0.4, 0.5) is 0 Å². The van der Waals surface area contributed by atoms with Crippen LogP contribution in [-0.4, -0.2) is 24.5 Å². The van der Waals surface area contributed by atoms with Gasteiger partial charge >= 0.3 is 0 Å². The number of rotatable bonds is 8. The Balaban J connectivity index is 2.59. The molecule has 0 fully saturated rings. The fourth-order valence-corrected chi connectivity index (χ4v) is 1.67. The second-order valence-electron chi connectivity index (χ2n) is 5.22. The van der Waals surface area contributed by atoms with Crippen molar-refractivity contribution in [3.8, 4) is 5.75 Å². The Hall–Kier alpha value is -1.61. The summed E-state index contributed by atoms with van der Waals surface area (Å²) >= 11 is 0. The van der Waals surface area contributed by atoms with Crippen molar-refractivity contribution in [1.82, 2.24) is 5.32 Å². The summed E-state index contributed by atoms with van der Waals surface area (Å²) in [4.78, 5) is 11.3. The Morgan fingerprint density at radius 3 is 2.75 bits per heavy atom. The third-order valence-corrected chi connectivity index (χ3v) is 2.82. The van der Waals surface area contributed by atoms with E-state index < -0.39 is 0 Å². The first kappa shape index (κ1) is 16.4. The van der Waals surface area contributed by atoms with E-state index in [2.05, 4.69) is 19.2 Å². The highest BCUT2D eigenvalue weighted by atomic mass is 16.5. The van der Waals surface area contributed by atoms with Crippen molar-refractivity contribution >= 4 is 11.9 Å². The number of hydrogen-bond acceptors (Lipinski definition) is 3. The molecule has 3 nitrogen and oxygen atoms in total. The fourth-order valence-electron chi connectivity index (χ4n) is 1.67. The van der Waals surface area contributed by atoms with E-state index in [1.165, 1.54) is 0 Å². The van der Waals surface area contributed by atoms with Crippen molar-refractivity contribution in [1.29, 1.82) is 0 Å². The van der Waals surface area contributed by atoms with Gasteiger partial charge in [-0.25, -0.2) is 0 Å². The lowest BCUT2D eigenvalue weighted by Crippen LogP contribution is -2.33. The predicted octanol–water partition coefficient (Wildman–Crippen LogP) is 3.44.